The molecule has 0 heterocycles. The summed E-state index contributed by atoms with van der Waals surface area (Å²) in [6.07, 6.45) is -4.52. The van der Waals surface area contributed by atoms with E-state index in [1.807, 2.05) is 32.9 Å². The van der Waals surface area contributed by atoms with Crippen molar-refractivity contribution < 1.29 is 18.0 Å². The van der Waals surface area contributed by atoms with Gasteiger partial charge in [-0.15, -0.1) is 11.8 Å². The summed E-state index contributed by atoms with van der Waals surface area (Å²) in [5.41, 5.74) is 2.83. The molecule has 2 rings (SSSR count). The molecule has 1 N–H and O–H groups in total. The third kappa shape index (κ3) is 5.16. The predicted octanol–water partition coefficient (Wildman–Crippen LogP) is 6.01. The topological polar surface area (TPSA) is 29.1 Å². The van der Waals surface area contributed by atoms with Gasteiger partial charge >= 0.3 is 6.18 Å². The minimum absolute atomic E-state index is 0.00564. The second kappa shape index (κ2) is 7.70. The summed E-state index contributed by atoms with van der Waals surface area (Å²) < 4.78 is 38.6. The monoisotopic (exact) mass is 387 g/mol. The van der Waals surface area contributed by atoms with Crippen LogP contribution in [0.2, 0.25) is 5.02 Å². The molecule has 2 aromatic carbocycles. The molecular weight excluding hydrogens is 371 g/mol. The number of hydrogen-bond donors (Lipinski definition) is 1. The Hall–Kier alpha value is -1.66. The normalized spacial score (nSPS) is 11.5. The average Bonchev–Trinajstić information content (AvgIpc) is 2.49. The van der Waals surface area contributed by atoms with Gasteiger partial charge in [0.15, 0.2) is 0 Å². The van der Waals surface area contributed by atoms with Gasteiger partial charge in [0.2, 0.25) is 5.91 Å². The molecule has 134 valence electrons. The Balaban J connectivity index is 2.06. The summed E-state index contributed by atoms with van der Waals surface area (Å²) in [5, 5.41) is 2.47. The lowest BCUT2D eigenvalue weighted by atomic mass is 10.1. The molecule has 2 nitrogen and oxygen atoms in total. The molecule has 0 aliphatic rings. The van der Waals surface area contributed by atoms with Gasteiger partial charge in [-0.25, -0.2) is 0 Å². The number of carbonyl (C=O) groups excluding carboxylic acids is 1. The van der Waals surface area contributed by atoms with Gasteiger partial charge in [0.25, 0.3) is 0 Å². The molecule has 0 saturated heterocycles. The summed E-state index contributed by atoms with van der Waals surface area (Å²) in [6, 6.07) is 7.55. The van der Waals surface area contributed by atoms with Crippen molar-refractivity contribution >= 4 is 35.0 Å². The van der Waals surface area contributed by atoms with Crippen molar-refractivity contribution in [2.45, 2.75) is 31.8 Å². The Morgan fingerprint density at radius 2 is 1.72 bits per heavy atom. The van der Waals surface area contributed by atoms with E-state index in [2.05, 4.69) is 5.32 Å². The molecule has 7 heteroatoms. The van der Waals surface area contributed by atoms with Crippen LogP contribution in [0.4, 0.5) is 18.9 Å². The molecular formula is C18H17ClF3NOS. The molecule has 25 heavy (non-hydrogen) atoms. The molecule has 0 aliphatic heterocycles. The van der Waals surface area contributed by atoms with E-state index in [0.29, 0.717) is 4.90 Å². The van der Waals surface area contributed by atoms with Gasteiger partial charge in [-0.2, -0.15) is 13.2 Å². The second-order valence-corrected chi connectivity index (χ2v) is 7.21. The highest BCUT2D eigenvalue weighted by atomic mass is 35.5. The lowest BCUT2D eigenvalue weighted by Crippen LogP contribution is -2.16. The highest BCUT2D eigenvalue weighted by Crippen LogP contribution is 2.37. The van der Waals surface area contributed by atoms with Crippen molar-refractivity contribution in [3.05, 3.63) is 57.6 Å². The molecule has 1 amide bonds. The van der Waals surface area contributed by atoms with Crippen LogP contribution in [0.25, 0.3) is 0 Å². The Morgan fingerprint density at radius 3 is 2.28 bits per heavy atom. The summed E-state index contributed by atoms with van der Waals surface area (Å²) in [4.78, 5) is 12.5. The number of aryl methyl sites for hydroxylation is 3. The van der Waals surface area contributed by atoms with Gasteiger partial charge in [-0.1, -0.05) is 29.3 Å². The maximum Gasteiger partial charge on any atom is 0.417 e. The fraction of sp³-hybridized carbons (Fsp3) is 0.278. The van der Waals surface area contributed by atoms with Gasteiger partial charge < -0.3 is 5.32 Å². The number of anilines is 1. The van der Waals surface area contributed by atoms with E-state index < -0.39 is 11.7 Å². The number of hydrogen-bond acceptors (Lipinski definition) is 2. The zero-order valence-electron chi connectivity index (χ0n) is 13.9. The third-order valence-electron chi connectivity index (χ3n) is 3.55. The van der Waals surface area contributed by atoms with Crippen molar-refractivity contribution in [2.75, 3.05) is 11.1 Å². The van der Waals surface area contributed by atoms with Crippen LogP contribution in [0.1, 0.15) is 22.3 Å². The lowest BCUT2D eigenvalue weighted by Gasteiger charge is -2.13. The SMILES string of the molecule is Cc1cc(C)c(NC(=O)CSc2ccc(Cl)c(C(F)(F)F)c2)c(C)c1. The van der Waals surface area contributed by atoms with E-state index >= 15 is 0 Å². The van der Waals surface area contributed by atoms with E-state index in [-0.39, 0.29) is 16.7 Å². The molecule has 0 aliphatic carbocycles. The molecule has 2 aromatic rings. The van der Waals surface area contributed by atoms with Gasteiger partial charge in [0, 0.05) is 10.6 Å². The molecule has 0 unspecified atom stereocenters. The van der Waals surface area contributed by atoms with Crippen LogP contribution < -0.4 is 5.32 Å². The summed E-state index contributed by atoms with van der Waals surface area (Å²) >= 11 is 6.62. The van der Waals surface area contributed by atoms with E-state index in [1.54, 1.807) is 0 Å². The molecule has 0 bridgehead atoms. The second-order valence-electron chi connectivity index (χ2n) is 5.75. The van der Waals surface area contributed by atoms with Crippen LogP contribution in [-0.2, 0) is 11.0 Å². The first kappa shape index (κ1) is 19.7. The van der Waals surface area contributed by atoms with Crippen LogP contribution >= 0.6 is 23.4 Å². The summed E-state index contributed by atoms with van der Waals surface area (Å²) in [7, 11) is 0. The van der Waals surface area contributed by atoms with Crippen molar-refractivity contribution in [3.63, 3.8) is 0 Å². The predicted molar refractivity (Wildman–Crippen MR) is 96.5 cm³/mol. The van der Waals surface area contributed by atoms with E-state index in [1.165, 1.54) is 12.1 Å². The van der Waals surface area contributed by atoms with Crippen LogP contribution in [0.5, 0.6) is 0 Å². The minimum atomic E-state index is -4.52. The van der Waals surface area contributed by atoms with Crippen molar-refractivity contribution in [3.8, 4) is 0 Å². The number of thioether (sulfide) groups is 1. The first-order valence-corrected chi connectivity index (χ1v) is 8.81. The van der Waals surface area contributed by atoms with Crippen LogP contribution in [0.3, 0.4) is 0 Å². The van der Waals surface area contributed by atoms with E-state index in [0.717, 1.165) is 40.2 Å². The Bertz CT molecular complexity index is 782. The zero-order chi connectivity index (χ0) is 18.8. The number of benzene rings is 2. The van der Waals surface area contributed by atoms with Gasteiger partial charge in [0.05, 0.1) is 16.3 Å². The maximum atomic E-state index is 12.9. The number of carbonyl (C=O) groups is 1. The molecule has 0 fully saturated rings. The summed E-state index contributed by atoms with van der Waals surface area (Å²) in [6.45, 7) is 5.77. The van der Waals surface area contributed by atoms with Crippen molar-refractivity contribution in [2.24, 2.45) is 0 Å². The maximum absolute atomic E-state index is 12.9. The fourth-order valence-corrected chi connectivity index (χ4v) is 3.47. The van der Waals surface area contributed by atoms with Crippen molar-refractivity contribution in [1.29, 1.82) is 0 Å². The first-order valence-electron chi connectivity index (χ1n) is 7.45. The molecule has 0 aromatic heterocycles. The number of nitrogens with one attached hydrogen (secondary N) is 1. The van der Waals surface area contributed by atoms with Crippen molar-refractivity contribution in [1.82, 2.24) is 0 Å². The van der Waals surface area contributed by atoms with Gasteiger partial charge in [0.1, 0.15) is 0 Å². The van der Waals surface area contributed by atoms with Crippen LogP contribution in [-0.4, -0.2) is 11.7 Å². The molecule has 0 radical (unpaired) electrons. The van der Waals surface area contributed by atoms with Crippen LogP contribution in [0.15, 0.2) is 35.2 Å². The zero-order valence-corrected chi connectivity index (χ0v) is 15.5. The first-order chi connectivity index (χ1) is 11.6. The largest absolute Gasteiger partial charge is 0.417 e. The number of rotatable bonds is 4. The van der Waals surface area contributed by atoms with Crippen LogP contribution in [0, 0.1) is 20.8 Å². The van der Waals surface area contributed by atoms with E-state index in [9.17, 15) is 18.0 Å². The molecule has 0 atom stereocenters. The lowest BCUT2D eigenvalue weighted by molar-refractivity contribution is -0.137. The number of alkyl halides is 3. The molecule has 0 saturated carbocycles. The number of halogens is 4. The van der Waals surface area contributed by atoms with Gasteiger partial charge in [-0.05, 0) is 50.1 Å². The van der Waals surface area contributed by atoms with E-state index in [4.69, 9.17) is 11.6 Å². The summed E-state index contributed by atoms with van der Waals surface area (Å²) in [5.74, 6) is -0.269. The highest BCUT2D eigenvalue weighted by Gasteiger charge is 2.33. The Morgan fingerprint density at radius 1 is 1.12 bits per heavy atom. The smallest absolute Gasteiger partial charge is 0.325 e. The Labute approximate surface area is 153 Å². The fourth-order valence-electron chi connectivity index (χ4n) is 2.51. The average molecular weight is 388 g/mol. The standard InChI is InChI=1S/C18H17ClF3NOS/c1-10-6-11(2)17(12(3)7-10)23-16(24)9-25-13-4-5-15(19)14(8-13)18(20,21)22/h4-8H,9H2,1-3H3,(H,23,24). The molecule has 0 spiro atoms. The minimum Gasteiger partial charge on any atom is -0.325 e. The number of amides is 1. The highest BCUT2D eigenvalue weighted by molar-refractivity contribution is 8.00. The Kier molecular flexibility index (Phi) is 6.06. The quantitative estimate of drug-likeness (QED) is 0.650. The third-order valence-corrected chi connectivity index (χ3v) is 4.88. The van der Waals surface area contributed by atoms with Gasteiger partial charge in [-0.3, -0.25) is 4.79 Å².